The summed E-state index contributed by atoms with van der Waals surface area (Å²) in [7, 11) is -2.28. The fraction of sp³-hybridized carbons (Fsp3) is 0.455. The molecule has 7 heteroatoms. The lowest BCUT2D eigenvalue weighted by Crippen LogP contribution is -2.08. The average Bonchev–Trinajstić information content (AvgIpc) is 2.27. The molecule has 1 unspecified atom stereocenters. The zero-order valence-corrected chi connectivity index (χ0v) is 11.8. The van der Waals surface area contributed by atoms with Gasteiger partial charge in [0.2, 0.25) is 0 Å². The van der Waals surface area contributed by atoms with Gasteiger partial charge < -0.3 is 9.47 Å². The number of methoxy groups -OCH3 is 1. The Hall–Kier alpha value is -0.600. The van der Waals surface area contributed by atoms with Crippen molar-refractivity contribution in [1.82, 2.24) is 0 Å². The van der Waals surface area contributed by atoms with Crippen LogP contribution in [0.3, 0.4) is 0 Å². The van der Waals surface area contributed by atoms with Gasteiger partial charge in [0.15, 0.2) is 0 Å². The number of hydrogen-bond acceptors (Lipinski definition) is 5. The van der Waals surface area contributed by atoms with Crippen LogP contribution < -0.4 is 0 Å². The number of rotatable bonds is 7. The first kappa shape index (κ1) is 15.5. The van der Waals surface area contributed by atoms with Crippen molar-refractivity contribution in [3.63, 3.8) is 0 Å². The molecule has 0 amide bonds. The summed E-state index contributed by atoms with van der Waals surface area (Å²) < 4.78 is 40.9. The highest BCUT2D eigenvalue weighted by atomic mass is 33.1. The van der Waals surface area contributed by atoms with E-state index < -0.39 is 14.6 Å². The van der Waals surface area contributed by atoms with E-state index in [1.165, 1.54) is 7.11 Å². The van der Waals surface area contributed by atoms with Gasteiger partial charge in [-0.3, -0.25) is 4.55 Å². The van der Waals surface area contributed by atoms with Crippen LogP contribution in [0.2, 0.25) is 0 Å². The van der Waals surface area contributed by atoms with Crippen molar-refractivity contribution in [2.75, 3.05) is 20.3 Å². The standard InChI is InChI=1S/C11H16O5S2/c1-9-3-5-10(6-4-9)11(16-8-7-15-2)17-18(12,13)14/h3-6,11H,7-8H2,1-2H3,(H,12,13,14). The maximum Gasteiger partial charge on any atom is 0.322 e. The van der Waals surface area contributed by atoms with Crippen molar-refractivity contribution >= 4 is 19.9 Å². The van der Waals surface area contributed by atoms with Gasteiger partial charge in [-0.25, -0.2) is 0 Å². The van der Waals surface area contributed by atoms with E-state index in [-0.39, 0.29) is 6.61 Å². The molecule has 1 rings (SSSR count). The summed E-state index contributed by atoms with van der Waals surface area (Å²) in [6.07, 6.45) is 0. The fourth-order valence-electron chi connectivity index (χ4n) is 1.25. The molecule has 1 atom stereocenters. The molecule has 5 nitrogen and oxygen atoms in total. The number of hydrogen-bond donors (Lipinski definition) is 1. The lowest BCUT2D eigenvalue weighted by atomic mass is 10.2. The zero-order chi connectivity index (χ0) is 13.6. The Morgan fingerprint density at radius 2 is 1.89 bits per heavy atom. The molecule has 0 fully saturated rings. The second kappa shape index (κ2) is 7.10. The quantitative estimate of drug-likeness (QED) is 0.359. The minimum absolute atomic E-state index is 0.248. The molecule has 0 aliphatic heterocycles. The van der Waals surface area contributed by atoms with Crippen molar-refractivity contribution in [1.29, 1.82) is 0 Å². The molecular weight excluding hydrogens is 276 g/mol. The van der Waals surface area contributed by atoms with E-state index in [0.717, 1.165) is 5.56 Å². The molecule has 18 heavy (non-hydrogen) atoms. The van der Waals surface area contributed by atoms with E-state index in [9.17, 15) is 8.42 Å². The topological polar surface area (TPSA) is 72.8 Å². The molecule has 102 valence electrons. The van der Waals surface area contributed by atoms with Gasteiger partial charge >= 0.3 is 9.15 Å². The molecule has 0 saturated carbocycles. The molecule has 0 radical (unpaired) electrons. The molecule has 0 heterocycles. The smallest absolute Gasteiger partial charge is 0.322 e. The van der Waals surface area contributed by atoms with Crippen LogP contribution in [-0.4, -0.2) is 33.3 Å². The third kappa shape index (κ3) is 5.83. The van der Waals surface area contributed by atoms with Gasteiger partial charge in [0.25, 0.3) is 0 Å². The summed E-state index contributed by atoms with van der Waals surface area (Å²) >= 11 is 0. The monoisotopic (exact) mass is 292 g/mol. The molecule has 1 aromatic rings. The van der Waals surface area contributed by atoms with Crippen LogP contribution >= 0.6 is 10.8 Å². The van der Waals surface area contributed by atoms with Crippen molar-refractivity contribution in [2.24, 2.45) is 0 Å². The Morgan fingerprint density at radius 1 is 1.28 bits per heavy atom. The van der Waals surface area contributed by atoms with Gasteiger partial charge in [-0.1, -0.05) is 29.8 Å². The molecule has 0 saturated heterocycles. The van der Waals surface area contributed by atoms with Crippen LogP contribution in [0.5, 0.6) is 0 Å². The average molecular weight is 292 g/mol. The lowest BCUT2D eigenvalue weighted by molar-refractivity contribution is 0.0575. The van der Waals surface area contributed by atoms with Gasteiger partial charge in [-0.15, -0.1) is 0 Å². The first-order valence-corrected chi connectivity index (χ1v) is 8.09. The molecule has 1 aromatic carbocycles. The van der Waals surface area contributed by atoms with Gasteiger partial charge in [0, 0.05) is 17.9 Å². The van der Waals surface area contributed by atoms with Crippen LogP contribution in [0.1, 0.15) is 16.6 Å². The summed E-state index contributed by atoms with van der Waals surface area (Å²) in [6.45, 7) is 2.53. The summed E-state index contributed by atoms with van der Waals surface area (Å²) in [5, 5.41) is 0. The Kier molecular flexibility index (Phi) is 6.10. The predicted octanol–water partition coefficient (Wildman–Crippen LogP) is 2.19. The van der Waals surface area contributed by atoms with E-state index in [0.29, 0.717) is 23.0 Å². The Morgan fingerprint density at radius 3 is 2.39 bits per heavy atom. The number of aryl methyl sites for hydroxylation is 1. The minimum atomic E-state index is -4.17. The second-order valence-electron chi connectivity index (χ2n) is 3.63. The van der Waals surface area contributed by atoms with Gasteiger partial charge in [0.05, 0.1) is 13.2 Å². The molecule has 1 N–H and O–H groups in total. The molecule has 0 aliphatic carbocycles. The number of benzene rings is 1. The summed E-state index contributed by atoms with van der Waals surface area (Å²) in [5.41, 5.74) is 0.973. The fourth-order valence-corrected chi connectivity index (χ4v) is 3.06. The van der Waals surface area contributed by atoms with Gasteiger partial charge in [-0.2, -0.15) is 8.42 Å². The highest BCUT2D eigenvalue weighted by Gasteiger charge is 2.20. The van der Waals surface area contributed by atoms with E-state index in [1.54, 1.807) is 12.1 Å². The van der Waals surface area contributed by atoms with E-state index in [1.807, 2.05) is 19.1 Å². The Bertz CT molecular complexity index is 455. The molecule has 0 bridgehead atoms. The van der Waals surface area contributed by atoms with E-state index in [4.69, 9.17) is 14.0 Å². The third-order valence-electron chi connectivity index (χ3n) is 2.12. The van der Waals surface area contributed by atoms with Crippen LogP contribution in [0.15, 0.2) is 24.3 Å². The number of ether oxygens (including phenoxy) is 2. The first-order chi connectivity index (χ1) is 8.42. The molecule has 0 aromatic heterocycles. The van der Waals surface area contributed by atoms with E-state index >= 15 is 0 Å². The zero-order valence-electron chi connectivity index (χ0n) is 10.2. The summed E-state index contributed by atoms with van der Waals surface area (Å²) in [6, 6.07) is 7.25. The van der Waals surface area contributed by atoms with Crippen LogP contribution in [0, 0.1) is 6.92 Å². The van der Waals surface area contributed by atoms with Crippen LogP contribution in [0.4, 0.5) is 0 Å². The largest absolute Gasteiger partial charge is 0.382 e. The maximum atomic E-state index is 10.9. The van der Waals surface area contributed by atoms with Crippen LogP contribution in [-0.2, 0) is 18.6 Å². The Balaban J connectivity index is 2.79. The van der Waals surface area contributed by atoms with Crippen molar-refractivity contribution in [3.05, 3.63) is 35.4 Å². The maximum absolute atomic E-state index is 10.9. The van der Waals surface area contributed by atoms with Crippen molar-refractivity contribution in [3.8, 4) is 0 Å². The highest BCUT2D eigenvalue weighted by Crippen LogP contribution is 2.33. The second-order valence-corrected chi connectivity index (χ2v) is 6.95. The van der Waals surface area contributed by atoms with Gasteiger partial charge in [0.1, 0.15) is 5.44 Å². The Labute approximate surface area is 111 Å². The molecule has 0 aliphatic rings. The SMILES string of the molecule is COCCOC(SS(=O)(=O)O)c1ccc(C)cc1. The van der Waals surface area contributed by atoms with Crippen molar-refractivity contribution in [2.45, 2.75) is 12.4 Å². The highest BCUT2D eigenvalue weighted by molar-refractivity contribution is 8.69. The van der Waals surface area contributed by atoms with Crippen LogP contribution in [0.25, 0.3) is 0 Å². The normalized spacial score (nSPS) is 13.5. The molecule has 0 spiro atoms. The lowest BCUT2D eigenvalue weighted by Gasteiger charge is -2.16. The summed E-state index contributed by atoms with van der Waals surface area (Å²) in [4.78, 5) is 0. The third-order valence-corrected chi connectivity index (χ3v) is 4.20. The predicted molar refractivity (Wildman–Crippen MR) is 70.9 cm³/mol. The molecular formula is C11H16O5S2. The van der Waals surface area contributed by atoms with E-state index in [2.05, 4.69) is 0 Å². The van der Waals surface area contributed by atoms with Gasteiger partial charge in [-0.05, 0) is 12.5 Å². The minimum Gasteiger partial charge on any atom is -0.382 e. The van der Waals surface area contributed by atoms with Crippen molar-refractivity contribution < 1.29 is 22.4 Å². The summed E-state index contributed by atoms with van der Waals surface area (Å²) in [5.74, 6) is 0. The first-order valence-electron chi connectivity index (χ1n) is 5.25.